The molecule has 0 spiro atoms. The molecule has 0 aliphatic rings. The molecule has 0 fully saturated rings. The second-order valence-electron chi connectivity index (χ2n) is 1.23. The van der Waals surface area contributed by atoms with Gasteiger partial charge in [-0.15, -0.1) is 0 Å². The van der Waals surface area contributed by atoms with Gasteiger partial charge < -0.3 is 5.11 Å². The third-order valence-electron chi connectivity index (χ3n) is 0.664. The normalized spacial score (nSPS) is 14.5. The first-order valence-corrected chi connectivity index (χ1v) is 2.07. The van der Waals surface area contributed by atoms with Gasteiger partial charge in [0.1, 0.15) is 6.61 Å². The molecule has 0 aromatic carbocycles. The molecule has 0 bridgehead atoms. The molecular weight excluding hydrogens is 80.0 g/mol. The summed E-state index contributed by atoms with van der Waals surface area (Å²) in [7, 11) is 0. The van der Waals surface area contributed by atoms with Crippen molar-refractivity contribution in [2.75, 3.05) is 6.61 Å². The van der Waals surface area contributed by atoms with Crippen LogP contribution in [0.1, 0.15) is 13.3 Å². The highest BCUT2D eigenvalue weighted by Crippen LogP contribution is 1.84. The number of rotatable bonds is 2. The number of aliphatic hydroxyl groups excluding tert-OH is 1. The number of aliphatic hydroxyl groups is 1. The maximum absolute atomic E-state index is 9.61. The smallest absolute Gasteiger partial charge is 0.108 e. The van der Waals surface area contributed by atoms with Gasteiger partial charge in [-0.05, 0) is 6.42 Å². The maximum atomic E-state index is 9.61. The third-order valence-corrected chi connectivity index (χ3v) is 0.664. The van der Waals surface area contributed by atoms with Crippen molar-refractivity contribution in [3.8, 4) is 0 Å². The van der Waals surface area contributed by atoms with Crippen molar-refractivity contribution in [3.63, 3.8) is 0 Å². The lowest BCUT2D eigenvalue weighted by Crippen LogP contribution is -2.07. The van der Waals surface area contributed by atoms with E-state index >= 15 is 0 Å². The standard InChI is InChI=1S/C4H9O2/c1-2-4(6)3-5/h4,6H,2-3H2,1H3. The minimum atomic E-state index is -0.620. The summed E-state index contributed by atoms with van der Waals surface area (Å²) in [4.78, 5) is 0. The SMILES string of the molecule is CCC(O)C[O]. The Morgan fingerprint density at radius 2 is 2.33 bits per heavy atom. The fourth-order valence-corrected chi connectivity index (χ4v) is 0.118. The Balaban J connectivity index is 2.75. The van der Waals surface area contributed by atoms with Crippen LogP contribution in [-0.2, 0) is 5.11 Å². The van der Waals surface area contributed by atoms with Gasteiger partial charge in [0.25, 0.3) is 0 Å². The van der Waals surface area contributed by atoms with Crippen LogP contribution in [0.15, 0.2) is 0 Å². The topological polar surface area (TPSA) is 40.1 Å². The number of hydrogen-bond acceptors (Lipinski definition) is 1. The summed E-state index contributed by atoms with van der Waals surface area (Å²) in [6, 6.07) is 0. The Kier molecular flexibility index (Phi) is 3.08. The summed E-state index contributed by atoms with van der Waals surface area (Å²) < 4.78 is 0. The van der Waals surface area contributed by atoms with E-state index in [1.807, 2.05) is 0 Å². The van der Waals surface area contributed by atoms with Crippen LogP contribution < -0.4 is 0 Å². The molecule has 0 rings (SSSR count). The largest absolute Gasteiger partial charge is 0.391 e. The van der Waals surface area contributed by atoms with Gasteiger partial charge >= 0.3 is 0 Å². The molecule has 0 aliphatic heterocycles. The maximum Gasteiger partial charge on any atom is 0.108 e. The van der Waals surface area contributed by atoms with Crippen LogP contribution in [0.25, 0.3) is 0 Å². The summed E-state index contributed by atoms with van der Waals surface area (Å²) >= 11 is 0. The summed E-state index contributed by atoms with van der Waals surface area (Å²) in [5.41, 5.74) is 0. The summed E-state index contributed by atoms with van der Waals surface area (Å²) in [5.74, 6) is 0. The fourth-order valence-electron chi connectivity index (χ4n) is 0.118. The van der Waals surface area contributed by atoms with Crippen LogP contribution in [0, 0.1) is 0 Å². The molecule has 0 aromatic heterocycles. The lowest BCUT2D eigenvalue weighted by atomic mass is 10.3. The van der Waals surface area contributed by atoms with Crippen LogP contribution in [0.3, 0.4) is 0 Å². The quantitative estimate of drug-likeness (QED) is 0.515. The van der Waals surface area contributed by atoms with Crippen LogP contribution in [0.2, 0.25) is 0 Å². The van der Waals surface area contributed by atoms with Gasteiger partial charge in [-0.2, -0.15) is 0 Å². The molecule has 1 radical (unpaired) electrons. The zero-order valence-corrected chi connectivity index (χ0v) is 3.85. The molecule has 0 amide bonds. The van der Waals surface area contributed by atoms with Gasteiger partial charge in [-0.1, -0.05) is 6.92 Å². The molecule has 0 aromatic rings. The Morgan fingerprint density at radius 3 is 2.33 bits per heavy atom. The highest BCUT2D eigenvalue weighted by molar-refractivity contribution is 4.43. The molecule has 0 heterocycles. The van der Waals surface area contributed by atoms with E-state index in [0.29, 0.717) is 6.42 Å². The number of hydrogen-bond donors (Lipinski definition) is 1. The lowest BCUT2D eigenvalue weighted by Gasteiger charge is -1.95. The summed E-state index contributed by atoms with van der Waals surface area (Å²) in [6.07, 6.45) is -0.0475. The Labute approximate surface area is 37.4 Å². The molecule has 2 nitrogen and oxygen atoms in total. The molecule has 2 heteroatoms. The van der Waals surface area contributed by atoms with E-state index in [2.05, 4.69) is 0 Å². The zero-order valence-electron chi connectivity index (χ0n) is 3.85. The average molecular weight is 89.1 g/mol. The Morgan fingerprint density at radius 1 is 1.83 bits per heavy atom. The van der Waals surface area contributed by atoms with E-state index in [1.165, 1.54) is 0 Å². The first kappa shape index (κ1) is 5.92. The van der Waals surface area contributed by atoms with Gasteiger partial charge in [0.2, 0.25) is 0 Å². The molecular formula is C4H9O2. The van der Waals surface area contributed by atoms with Gasteiger partial charge in [-0.3, -0.25) is 0 Å². The van der Waals surface area contributed by atoms with Gasteiger partial charge in [0, 0.05) is 0 Å². The molecule has 1 atom stereocenters. The molecule has 0 saturated heterocycles. The minimum absolute atomic E-state index is 0.365. The minimum Gasteiger partial charge on any atom is -0.391 e. The van der Waals surface area contributed by atoms with Gasteiger partial charge in [-0.25, -0.2) is 5.11 Å². The van der Waals surface area contributed by atoms with Crippen molar-refractivity contribution < 1.29 is 10.2 Å². The molecule has 1 unspecified atom stereocenters. The second-order valence-corrected chi connectivity index (χ2v) is 1.23. The van der Waals surface area contributed by atoms with Gasteiger partial charge in [0.05, 0.1) is 6.10 Å². The van der Waals surface area contributed by atoms with E-state index in [4.69, 9.17) is 5.11 Å². The van der Waals surface area contributed by atoms with Crippen molar-refractivity contribution >= 4 is 0 Å². The van der Waals surface area contributed by atoms with Crippen molar-refractivity contribution in [1.29, 1.82) is 0 Å². The first-order chi connectivity index (χ1) is 2.81. The molecule has 6 heavy (non-hydrogen) atoms. The highest BCUT2D eigenvalue weighted by Gasteiger charge is 1.93. The average Bonchev–Trinajstić information content (AvgIpc) is 1.65. The molecule has 0 aliphatic carbocycles. The Hall–Kier alpha value is -0.0800. The predicted octanol–water partition coefficient (Wildman–Crippen LogP) is 0.188. The van der Waals surface area contributed by atoms with Crippen LogP contribution in [0.4, 0.5) is 0 Å². The second kappa shape index (κ2) is 3.12. The van der Waals surface area contributed by atoms with E-state index in [-0.39, 0.29) is 6.61 Å². The summed E-state index contributed by atoms with van der Waals surface area (Å²) in [6.45, 7) is 1.42. The predicted molar refractivity (Wildman–Crippen MR) is 21.9 cm³/mol. The summed E-state index contributed by atoms with van der Waals surface area (Å²) in [5, 5.41) is 18.0. The van der Waals surface area contributed by atoms with Crippen molar-refractivity contribution in [2.24, 2.45) is 0 Å². The van der Waals surface area contributed by atoms with Crippen molar-refractivity contribution in [2.45, 2.75) is 19.4 Å². The van der Waals surface area contributed by atoms with Crippen LogP contribution in [0.5, 0.6) is 0 Å². The third kappa shape index (κ3) is 2.18. The molecule has 1 N–H and O–H groups in total. The van der Waals surface area contributed by atoms with E-state index in [1.54, 1.807) is 6.92 Å². The fraction of sp³-hybridized carbons (Fsp3) is 1.00. The zero-order chi connectivity index (χ0) is 4.99. The lowest BCUT2D eigenvalue weighted by molar-refractivity contribution is 0.0533. The van der Waals surface area contributed by atoms with E-state index < -0.39 is 6.10 Å². The van der Waals surface area contributed by atoms with Crippen molar-refractivity contribution in [1.82, 2.24) is 0 Å². The van der Waals surface area contributed by atoms with E-state index in [9.17, 15) is 5.11 Å². The highest BCUT2D eigenvalue weighted by atomic mass is 16.3. The van der Waals surface area contributed by atoms with E-state index in [0.717, 1.165) is 0 Å². The van der Waals surface area contributed by atoms with Crippen LogP contribution in [-0.4, -0.2) is 17.8 Å². The molecule has 0 saturated carbocycles. The van der Waals surface area contributed by atoms with Crippen molar-refractivity contribution in [3.05, 3.63) is 0 Å². The van der Waals surface area contributed by atoms with Crippen LogP contribution >= 0.6 is 0 Å². The van der Waals surface area contributed by atoms with Gasteiger partial charge in [0.15, 0.2) is 0 Å². The molecule has 37 valence electrons. The monoisotopic (exact) mass is 89.1 g/mol. The Bertz CT molecular complexity index is 24.7. The first-order valence-electron chi connectivity index (χ1n) is 2.07.